The number of piperazine rings is 1. The Morgan fingerprint density at radius 2 is 1.93 bits per heavy atom. The first-order valence-electron chi connectivity index (χ1n) is 15.0. The molecular formula is C31H39N7O4S. The number of nitriles is 1. The zero-order valence-electron chi connectivity index (χ0n) is 25.0. The van der Waals surface area contributed by atoms with E-state index in [9.17, 15) is 18.5 Å². The number of methoxy groups -OCH3 is 1. The Bertz CT molecular complexity index is 1640. The smallest absolute Gasteiger partial charge is 0.246 e. The number of aromatic nitrogens is 2. The molecule has 11 nitrogen and oxygen atoms in total. The zero-order valence-corrected chi connectivity index (χ0v) is 25.8. The van der Waals surface area contributed by atoms with Crippen molar-refractivity contribution in [2.24, 2.45) is 5.92 Å². The van der Waals surface area contributed by atoms with Gasteiger partial charge in [0.05, 0.1) is 18.9 Å². The van der Waals surface area contributed by atoms with E-state index in [-0.39, 0.29) is 29.2 Å². The van der Waals surface area contributed by atoms with Gasteiger partial charge in [-0.2, -0.15) is 9.57 Å². The first-order valence-corrected chi connectivity index (χ1v) is 16.4. The van der Waals surface area contributed by atoms with Gasteiger partial charge < -0.3 is 24.3 Å². The number of ether oxygens (including phenoxy) is 1. The summed E-state index contributed by atoms with van der Waals surface area (Å²) in [5, 5.41) is 13.6. The summed E-state index contributed by atoms with van der Waals surface area (Å²) in [6, 6.07) is 11.3. The number of amides is 1. The highest BCUT2D eigenvalue weighted by atomic mass is 32.2. The molecule has 4 heterocycles. The quantitative estimate of drug-likeness (QED) is 0.395. The number of hydrogen-bond donors (Lipinski definition) is 1. The van der Waals surface area contributed by atoms with Crippen molar-refractivity contribution in [3.8, 4) is 11.8 Å². The molecule has 1 unspecified atom stereocenters. The SMILES string of the molecule is COc1ccc(CN(C2(C#N)CC2)S(=O)(=O)c2cc(N3CCN(C(=O)C(C)C)CC3)c3ncc(C4CCNC4)n3c2)cc1. The number of carbonyl (C=O) groups excluding carboxylic acids is 1. The molecule has 0 bridgehead atoms. The summed E-state index contributed by atoms with van der Waals surface area (Å²) in [7, 11) is -2.52. The lowest BCUT2D eigenvalue weighted by Crippen LogP contribution is -2.50. The number of sulfonamides is 1. The number of imidazole rings is 1. The lowest BCUT2D eigenvalue weighted by molar-refractivity contribution is -0.134. The van der Waals surface area contributed by atoms with E-state index in [1.807, 2.05) is 41.5 Å². The Morgan fingerprint density at radius 1 is 1.21 bits per heavy atom. The fraction of sp³-hybridized carbons (Fsp3) is 0.516. The Balaban J connectivity index is 1.42. The van der Waals surface area contributed by atoms with Crippen molar-refractivity contribution in [1.29, 1.82) is 5.26 Å². The molecule has 2 aromatic heterocycles. The van der Waals surface area contributed by atoms with Crippen molar-refractivity contribution in [2.75, 3.05) is 51.3 Å². The van der Waals surface area contributed by atoms with Crippen molar-refractivity contribution in [2.45, 2.75) is 56.0 Å². The van der Waals surface area contributed by atoms with E-state index in [2.05, 4.69) is 16.3 Å². The molecule has 1 aromatic carbocycles. The maximum Gasteiger partial charge on any atom is 0.246 e. The molecule has 3 fully saturated rings. The molecule has 228 valence electrons. The van der Waals surface area contributed by atoms with Crippen LogP contribution in [0, 0.1) is 17.2 Å². The van der Waals surface area contributed by atoms with Gasteiger partial charge in [-0.15, -0.1) is 0 Å². The number of pyridine rings is 1. The number of fused-ring (bicyclic) bond motifs is 1. The van der Waals surface area contributed by atoms with Crippen LogP contribution in [-0.2, 0) is 21.4 Å². The van der Waals surface area contributed by atoms with Gasteiger partial charge in [0, 0.05) is 69.2 Å². The maximum atomic E-state index is 14.6. The molecule has 3 aliphatic rings. The van der Waals surface area contributed by atoms with Crippen molar-refractivity contribution in [3.05, 3.63) is 54.0 Å². The Labute approximate surface area is 253 Å². The number of carbonyl (C=O) groups is 1. The fourth-order valence-corrected chi connectivity index (χ4v) is 7.96. The zero-order chi connectivity index (χ0) is 30.4. The molecule has 12 heteroatoms. The topological polar surface area (TPSA) is 123 Å². The van der Waals surface area contributed by atoms with Crippen LogP contribution in [-0.4, -0.2) is 84.8 Å². The summed E-state index contributed by atoms with van der Waals surface area (Å²) >= 11 is 0. The second kappa shape index (κ2) is 11.4. The second-order valence-corrected chi connectivity index (χ2v) is 14.0. The second-order valence-electron chi connectivity index (χ2n) is 12.1. The van der Waals surface area contributed by atoms with Crippen molar-refractivity contribution < 1.29 is 17.9 Å². The lowest BCUT2D eigenvalue weighted by Gasteiger charge is -2.37. The molecule has 1 N–H and O–H groups in total. The highest BCUT2D eigenvalue weighted by molar-refractivity contribution is 7.89. The van der Waals surface area contributed by atoms with Gasteiger partial charge in [-0.25, -0.2) is 13.4 Å². The van der Waals surface area contributed by atoms with Gasteiger partial charge >= 0.3 is 0 Å². The summed E-state index contributed by atoms with van der Waals surface area (Å²) in [6.07, 6.45) is 5.46. The van der Waals surface area contributed by atoms with Gasteiger partial charge in [0.25, 0.3) is 0 Å². The van der Waals surface area contributed by atoms with Gasteiger partial charge in [0.15, 0.2) is 5.65 Å². The summed E-state index contributed by atoms with van der Waals surface area (Å²) in [4.78, 5) is 21.6. The van der Waals surface area contributed by atoms with Crippen LogP contribution in [0.15, 0.2) is 47.6 Å². The number of nitrogens with zero attached hydrogens (tertiary/aromatic N) is 6. The van der Waals surface area contributed by atoms with Gasteiger partial charge in [-0.05, 0) is 49.6 Å². The molecule has 1 amide bonds. The number of benzene rings is 1. The summed E-state index contributed by atoms with van der Waals surface area (Å²) in [6.45, 7) is 7.84. The Kier molecular flexibility index (Phi) is 7.83. The van der Waals surface area contributed by atoms with Gasteiger partial charge in [-0.3, -0.25) is 4.79 Å². The minimum absolute atomic E-state index is 0.0758. The largest absolute Gasteiger partial charge is 0.497 e. The van der Waals surface area contributed by atoms with Crippen LogP contribution in [0.2, 0.25) is 0 Å². The third kappa shape index (κ3) is 5.46. The van der Waals surface area contributed by atoms with Crippen molar-refractivity contribution in [3.63, 3.8) is 0 Å². The van der Waals surface area contributed by atoms with E-state index < -0.39 is 15.6 Å². The number of hydrogen-bond acceptors (Lipinski definition) is 8. The van der Waals surface area contributed by atoms with Gasteiger partial charge in [0.1, 0.15) is 16.2 Å². The minimum Gasteiger partial charge on any atom is -0.497 e. The first kappa shape index (κ1) is 29.4. The van der Waals surface area contributed by atoms with Gasteiger partial charge in [0.2, 0.25) is 15.9 Å². The standard InChI is InChI=1S/C31H39N7O4S/c1-22(2)30(39)36-14-12-35(13-15-36)27-16-26(20-37-28(18-34-29(27)37)24-8-11-33-17-24)43(40,41)38(31(21-32)9-10-31)19-23-4-6-25(42-3)7-5-23/h4-7,16,18,20,22,24,33H,8-15,17,19H2,1-3H3. The molecule has 1 aliphatic carbocycles. The molecule has 0 spiro atoms. The molecule has 2 aliphatic heterocycles. The van der Waals surface area contributed by atoms with E-state index in [0.717, 1.165) is 36.5 Å². The molecule has 6 rings (SSSR count). The molecule has 1 saturated carbocycles. The van der Waals surface area contributed by atoms with Crippen LogP contribution < -0.4 is 15.0 Å². The minimum atomic E-state index is -4.10. The third-order valence-corrected chi connectivity index (χ3v) is 10.9. The van der Waals surface area contributed by atoms with Crippen LogP contribution >= 0.6 is 0 Å². The molecule has 43 heavy (non-hydrogen) atoms. The number of rotatable bonds is 9. The van der Waals surface area contributed by atoms with Crippen LogP contribution in [0.1, 0.15) is 50.3 Å². The Morgan fingerprint density at radius 3 is 2.51 bits per heavy atom. The molecule has 2 saturated heterocycles. The predicted octanol–water partition coefficient (Wildman–Crippen LogP) is 2.97. The summed E-state index contributed by atoms with van der Waals surface area (Å²) in [5.74, 6) is 0.941. The van der Waals surface area contributed by atoms with Gasteiger partial charge in [-0.1, -0.05) is 26.0 Å². The normalized spacial score (nSPS) is 20.1. The van der Waals surface area contributed by atoms with E-state index >= 15 is 0 Å². The molecule has 0 radical (unpaired) electrons. The highest BCUT2D eigenvalue weighted by Gasteiger charge is 2.54. The molecular weight excluding hydrogens is 566 g/mol. The molecule has 3 aromatic rings. The predicted molar refractivity (Wildman–Crippen MR) is 162 cm³/mol. The van der Waals surface area contributed by atoms with E-state index in [0.29, 0.717) is 50.4 Å². The summed E-state index contributed by atoms with van der Waals surface area (Å²) < 4.78 is 37.8. The van der Waals surface area contributed by atoms with Crippen LogP contribution in [0.4, 0.5) is 5.69 Å². The third-order valence-electron chi connectivity index (χ3n) is 8.98. The highest BCUT2D eigenvalue weighted by Crippen LogP contribution is 2.45. The van der Waals surface area contributed by atoms with Crippen LogP contribution in [0.5, 0.6) is 5.75 Å². The lowest BCUT2D eigenvalue weighted by atomic mass is 10.1. The average molecular weight is 606 g/mol. The van der Waals surface area contributed by atoms with E-state index in [1.165, 1.54) is 4.31 Å². The number of anilines is 1. The average Bonchev–Trinajstić information content (AvgIpc) is 3.39. The summed E-state index contributed by atoms with van der Waals surface area (Å²) in [5.41, 5.74) is 2.09. The monoisotopic (exact) mass is 605 g/mol. The Hall–Kier alpha value is -3.66. The van der Waals surface area contributed by atoms with E-state index in [4.69, 9.17) is 9.72 Å². The molecule has 1 atom stereocenters. The van der Waals surface area contributed by atoms with Crippen molar-refractivity contribution >= 4 is 27.3 Å². The van der Waals surface area contributed by atoms with Crippen LogP contribution in [0.3, 0.4) is 0 Å². The van der Waals surface area contributed by atoms with Crippen molar-refractivity contribution in [1.82, 2.24) is 23.9 Å². The fourth-order valence-electron chi connectivity index (χ4n) is 6.20. The van der Waals surface area contributed by atoms with Crippen LogP contribution in [0.25, 0.3) is 5.65 Å². The maximum absolute atomic E-state index is 14.6. The first-order chi connectivity index (χ1) is 20.7. The van der Waals surface area contributed by atoms with E-state index in [1.54, 1.807) is 31.5 Å². The number of nitrogens with one attached hydrogen (secondary N) is 1.